The van der Waals surface area contributed by atoms with E-state index >= 15 is 0 Å². The normalized spacial score (nSPS) is 19.7. The van der Waals surface area contributed by atoms with Crippen molar-refractivity contribution in [3.8, 4) is 0 Å². The molecule has 1 aromatic carbocycles. The molecule has 1 fully saturated rings. The minimum Gasteiger partial charge on any atom is -0.0872 e. The number of rotatable bonds is 2. The maximum absolute atomic E-state index is 2.27. The van der Waals surface area contributed by atoms with Gasteiger partial charge in [-0.15, -0.1) is 0 Å². The monoisotopic (exact) mass is 192 g/mol. The molecule has 1 atom stereocenters. The Balaban J connectivity index is 1.90. The first-order valence-electron chi connectivity index (χ1n) is 5.27. The molecule has 0 saturated heterocycles. The molecule has 70 valence electrons. The Hall–Kier alpha value is -0.350. The largest absolute Gasteiger partial charge is 0.0872 e. The molecule has 0 bridgehead atoms. The molecule has 2 rings (SSSR count). The number of hydrogen-bond donors (Lipinski definition) is 0. The van der Waals surface area contributed by atoms with Gasteiger partial charge in [-0.25, -0.2) is 0 Å². The van der Waals surface area contributed by atoms with Gasteiger partial charge in [0.2, 0.25) is 0 Å². The Morgan fingerprint density at radius 3 is 2.31 bits per heavy atom. The predicted molar refractivity (Wildman–Crippen MR) is 61.3 cm³/mol. The highest BCUT2D eigenvalue weighted by Gasteiger charge is 2.13. The first-order valence-corrected chi connectivity index (χ1v) is 6.34. The van der Waals surface area contributed by atoms with E-state index in [1.165, 1.54) is 32.1 Å². The van der Waals surface area contributed by atoms with Crippen molar-refractivity contribution in [1.29, 1.82) is 0 Å². The van der Waals surface area contributed by atoms with Crippen molar-refractivity contribution < 1.29 is 0 Å². The van der Waals surface area contributed by atoms with Crippen LogP contribution in [0.3, 0.4) is 0 Å². The molecule has 0 N–H and O–H groups in total. The van der Waals surface area contributed by atoms with Crippen LogP contribution in [0.4, 0.5) is 0 Å². The molecule has 1 saturated carbocycles. The van der Waals surface area contributed by atoms with E-state index in [1.54, 1.807) is 5.30 Å². The van der Waals surface area contributed by atoms with E-state index in [4.69, 9.17) is 0 Å². The van der Waals surface area contributed by atoms with Crippen LogP contribution in [0, 0.1) is 0 Å². The SMILES string of the molecule is c1ccc(PC2CCCCC2)cc1. The summed E-state index contributed by atoms with van der Waals surface area (Å²) in [7, 11) is 1.05. The van der Waals surface area contributed by atoms with Crippen LogP contribution in [0.1, 0.15) is 32.1 Å². The maximum Gasteiger partial charge on any atom is -0.0196 e. The molecule has 0 amide bonds. The van der Waals surface area contributed by atoms with Crippen molar-refractivity contribution in [3.63, 3.8) is 0 Å². The number of benzene rings is 1. The van der Waals surface area contributed by atoms with Crippen molar-refractivity contribution in [3.05, 3.63) is 30.3 Å². The fourth-order valence-electron chi connectivity index (χ4n) is 2.02. The Bertz CT molecular complexity index is 237. The summed E-state index contributed by atoms with van der Waals surface area (Å²) in [5.41, 5.74) is 0.996. The van der Waals surface area contributed by atoms with Gasteiger partial charge in [0, 0.05) is 0 Å². The van der Waals surface area contributed by atoms with Crippen molar-refractivity contribution in [2.24, 2.45) is 0 Å². The van der Waals surface area contributed by atoms with Crippen LogP contribution in [0.2, 0.25) is 0 Å². The van der Waals surface area contributed by atoms with Crippen LogP contribution in [-0.2, 0) is 0 Å². The van der Waals surface area contributed by atoms with Crippen LogP contribution in [0.5, 0.6) is 0 Å². The zero-order valence-corrected chi connectivity index (χ0v) is 9.00. The highest BCUT2D eigenvalue weighted by atomic mass is 31.1. The molecule has 0 nitrogen and oxygen atoms in total. The van der Waals surface area contributed by atoms with Gasteiger partial charge in [0.05, 0.1) is 0 Å². The van der Waals surface area contributed by atoms with E-state index in [-0.39, 0.29) is 0 Å². The van der Waals surface area contributed by atoms with E-state index in [0.717, 1.165) is 14.2 Å². The van der Waals surface area contributed by atoms with Crippen LogP contribution >= 0.6 is 8.58 Å². The van der Waals surface area contributed by atoms with E-state index in [1.807, 2.05) is 0 Å². The Kier molecular flexibility index (Phi) is 3.38. The summed E-state index contributed by atoms with van der Waals surface area (Å²) in [6.45, 7) is 0. The van der Waals surface area contributed by atoms with Gasteiger partial charge in [-0.2, -0.15) is 0 Å². The lowest BCUT2D eigenvalue weighted by Crippen LogP contribution is -2.10. The van der Waals surface area contributed by atoms with Gasteiger partial charge in [0.1, 0.15) is 0 Å². The molecule has 1 aromatic rings. The average molecular weight is 192 g/mol. The zero-order valence-electron chi connectivity index (χ0n) is 8.00. The maximum atomic E-state index is 2.27. The first-order chi connectivity index (χ1) is 6.45. The third-order valence-electron chi connectivity index (χ3n) is 2.75. The highest BCUT2D eigenvalue weighted by Crippen LogP contribution is 2.31. The predicted octanol–water partition coefficient (Wildman–Crippen LogP) is 3.32. The topological polar surface area (TPSA) is 0 Å². The van der Waals surface area contributed by atoms with Gasteiger partial charge in [-0.05, 0) is 23.8 Å². The van der Waals surface area contributed by atoms with Gasteiger partial charge < -0.3 is 0 Å². The van der Waals surface area contributed by atoms with Gasteiger partial charge in [-0.3, -0.25) is 0 Å². The second-order valence-corrected chi connectivity index (χ2v) is 5.53. The second-order valence-electron chi connectivity index (χ2n) is 3.85. The number of hydrogen-bond acceptors (Lipinski definition) is 0. The molecule has 0 spiro atoms. The zero-order chi connectivity index (χ0) is 8.93. The third-order valence-corrected chi connectivity index (χ3v) is 4.40. The van der Waals surface area contributed by atoms with Crippen LogP contribution in [0.15, 0.2) is 30.3 Å². The van der Waals surface area contributed by atoms with E-state index in [9.17, 15) is 0 Å². The van der Waals surface area contributed by atoms with Crippen LogP contribution in [0.25, 0.3) is 0 Å². The minimum atomic E-state index is 0.996. The van der Waals surface area contributed by atoms with Gasteiger partial charge in [0.25, 0.3) is 0 Å². The summed E-state index contributed by atoms with van der Waals surface area (Å²) < 4.78 is 0. The fourth-order valence-corrected chi connectivity index (χ4v) is 3.57. The van der Waals surface area contributed by atoms with Gasteiger partial charge in [0.15, 0.2) is 0 Å². The summed E-state index contributed by atoms with van der Waals surface area (Å²) in [5, 5.41) is 1.55. The molecule has 13 heavy (non-hydrogen) atoms. The molecule has 1 aliphatic carbocycles. The van der Waals surface area contributed by atoms with Gasteiger partial charge in [-0.1, -0.05) is 58.2 Å². The minimum absolute atomic E-state index is 0.996. The molecule has 1 unspecified atom stereocenters. The molecule has 0 aromatic heterocycles. The molecule has 0 heterocycles. The molecule has 0 radical (unpaired) electrons. The average Bonchev–Trinajstić information content (AvgIpc) is 2.21. The fraction of sp³-hybridized carbons (Fsp3) is 0.500. The van der Waals surface area contributed by atoms with E-state index in [2.05, 4.69) is 30.3 Å². The summed E-state index contributed by atoms with van der Waals surface area (Å²) in [4.78, 5) is 0. The van der Waals surface area contributed by atoms with Crippen molar-refractivity contribution in [1.82, 2.24) is 0 Å². The molecule has 0 aliphatic heterocycles. The summed E-state index contributed by atoms with van der Waals surface area (Å²) in [6.07, 6.45) is 7.32. The van der Waals surface area contributed by atoms with Crippen molar-refractivity contribution >= 4 is 13.9 Å². The Morgan fingerprint density at radius 1 is 0.923 bits per heavy atom. The molecular formula is C12H17P. The summed E-state index contributed by atoms with van der Waals surface area (Å²) in [5.74, 6) is 0. The standard InChI is InChI=1S/C12H17P/c1-3-7-11(8-4-1)13-12-9-5-2-6-10-12/h1,3-4,7-8,12-13H,2,5-6,9-10H2. The van der Waals surface area contributed by atoms with E-state index in [0.29, 0.717) is 0 Å². The summed E-state index contributed by atoms with van der Waals surface area (Å²) in [6, 6.07) is 11.0. The molecular weight excluding hydrogens is 175 g/mol. The summed E-state index contributed by atoms with van der Waals surface area (Å²) >= 11 is 0. The Morgan fingerprint density at radius 2 is 1.62 bits per heavy atom. The highest BCUT2D eigenvalue weighted by molar-refractivity contribution is 7.48. The Labute approximate surface area is 82.5 Å². The van der Waals surface area contributed by atoms with Gasteiger partial charge >= 0.3 is 0 Å². The smallest absolute Gasteiger partial charge is 0.0196 e. The molecule has 1 heteroatoms. The van der Waals surface area contributed by atoms with E-state index < -0.39 is 0 Å². The lowest BCUT2D eigenvalue weighted by molar-refractivity contribution is 0.514. The lowest BCUT2D eigenvalue weighted by atomic mass is 10.0. The molecule has 1 aliphatic rings. The quantitative estimate of drug-likeness (QED) is 0.630. The first kappa shape index (κ1) is 9.21. The van der Waals surface area contributed by atoms with Crippen LogP contribution in [-0.4, -0.2) is 5.66 Å². The second kappa shape index (κ2) is 4.77. The van der Waals surface area contributed by atoms with Crippen molar-refractivity contribution in [2.45, 2.75) is 37.8 Å². The lowest BCUT2D eigenvalue weighted by Gasteiger charge is -2.21. The third kappa shape index (κ3) is 2.81. The van der Waals surface area contributed by atoms with Crippen molar-refractivity contribution in [2.75, 3.05) is 0 Å². The van der Waals surface area contributed by atoms with Crippen LogP contribution < -0.4 is 5.30 Å².